The third kappa shape index (κ3) is 5.07. The average molecular weight is 360 g/mol. The largest absolute Gasteiger partial charge is 0.337 e. The van der Waals surface area contributed by atoms with Gasteiger partial charge in [-0.2, -0.15) is 0 Å². The molecule has 0 saturated carbocycles. The third-order valence-corrected chi connectivity index (χ3v) is 5.03. The molecule has 5 nitrogen and oxygen atoms in total. The molecule has 1 aromatic carbocycles. The lowest BCUT2D eigenvalue weighted by atomic mass is 10.1. The molecule has 144 valence electrons. The van der Waals surface area contributed by atoms with Crippen molar-refractivity contribution in [2.75, 3.05) is 32.7 Å². The predicted molar refractivity (Wildman–Crippen MR) is 105 cm³/mol. The average Bonchev–Trinajstić information content (AvgIpc) is 2.61. The molecule has 5 heteroatoms. The Kier molecular flexibility index (Phi) is 7.21. The first-order valence-electron chi connectivity index (χ1n) is 9.75. The molecule has 1 aromatic rings. The number of piperazine rings is 1. The minimum absolute atomic E-state index is 0.0876. The third-order valence-electron chi connectivity index (χ3n) is 5.03. The fourth-order valence-electron chi connectivity index (χ4n) is 3.62. The second-order valence-electron chi connectivity index (χ2n) is 7.61. The molecular weight excluding hydrogens is 326 g/mol. The zero-order valence-corrected chi connectivity index (χ0v) is 16.9. The lowest BCUT2D eigenvalue weighted by molar-refractivity contribution is -0.136. The monoisotopic (exact) mass is 359 g/mol. The number of rotatable bonds is 6. The Balaban J connectivity index is 1.88. The number of hydrogen-bond acceptors (Lipinski definition) is 3. The summed E-state index contributed by atoms with van der Waals surface area (Å²) in [7, 11) is 0. The highest BCUT2D eigenvalue weighted by Gasteiger charge is 2.26. The van der Waals surface area contributed by atoms with E-state index >= 15 is 0 Å². The molecule has 0 unspecified atom stereocenters. The van der Waals surface area contributed by atoms with Crippen molar-refractivity contribution in [2.24, 2.45) is 0 Å². The molecule has 0 aromatic heterocycles. The molecule has 1 fully saturated rings. The smallest absolute Gasteiger partial charge is 0.253 e. The van der Waals surface area contributed by atoms with Crippen molar-refractivity contribution in [1.29, 1.82) is 0 Å². The van der Waals surface area contributed by atoms with Crippen LogP contribution in [-0.4, -0.2) is 71.3 Å². The van der Waals surface area contributed by atoms with Gasteiger partial charge in [-0.3, -0.25) is 14.5 Å². The van der Waals surface area contributed by atoms with Crippen molar-refractivity contribution in [2.45, 2.75) is 53.1 Å². The van der Waals surface area contributed by atoms with E-state index in [1.54, 1.807) is 0 Å². The predicted octanol–water partition coefficient (Wildman–Crippen LogP) is 2.65. The quantitative estimate of drug-likeness (QED) is 0.784. The molecular formula is C21H33N3O2. The molecule has 0 aliphatic carbocycles. The molecule has 0 atom stereocenters. The van der Waals surface area contributed by atoms with Crippen molar-refractivity contribution in [3.05, 3.63) is 35.4 Å². The maximum absolute atomic E-state index is 12.6. The fraction of sp³-hybridized carbons (Fsp3) is 0.619. The highest BCUT2D eigenvalue weighted by atomic mass is 16.2. The van der Waals surface area contributed by atoms with Gasteiger partial charge < -0.3 is 9.80 Å². The SMILES string of the molecule is CCc1ccc(C(=O)N2CCN(CC(=O)N(C(C)C)C(C)C)CC2)cc1. The second kappa shape index (κ2) is 9.17. The summed E-state index contributed by atoms with van der Waals surface area (Å²) >= 11 is 0. The molecule has 0 bridgehead atoms. The van der Waals surface area contributed by atoms with Crippen LogP contribution in [0.5, 0.6) is 0 Å². The van der Waals surface area contributed by atoms with Gasteiger partial charge in [0.05, 0.1) is 6.54 Å². The van der Waals surface area contributed by atoms with E-state index in [1.807, 2.05) is 34.1 Å². The molecule has 0 N–H and O–H groups in total. The maximum Gasteiger partial charge on any atom is 0.253 e. The molecule has 0 radical (unpaired) electrons. The van der Waals surface area contributed by atoms with Gasteiger partial charge in [0.1, 0.15) is 0 Å². The standard InChI is InChI=1S/C21H33N3O2/c1-6-18-7-9-19(10-8-18)21(26)23-13-11-22(12-14-23)15-20(25)24(16(2)3)17(4)5/h7-10,16-17H,6,11-15H2,1-5H3. The van der Waals surface area contributed by atoms with Crippen LogP contribution in [0.25, 0.3) is 0 Å². The normalized spacial score (nSPS) is 15.6. The number of nitrogens with zero attached hydrogens (tertiary/aromatic N) is 3. The van der Waals surface area contributed by atoms with Crippen LogP contribution in [0.3, 0.4) is 0 Å². The van der Waals surface area contributed by atoms with Crippen LogP contribution in [0.1, 0.15) is 50.5 Å². The number of amides is 2. The van der Waals surface area contributed by atoms with Crippen LogP contribution in [0.4, 0.5) is 0 Å². The first-order chi connectivity index (χ1) is 12.3. The topological polar surface area (TPSA) is 43.9 Å². The molecule has 1 aliphatic rings. The molecule has 1 aliphatic heterocycles. The summed E-state index contributed by atoms with van der Waals surface area (Å²) in [6.07, 6.45) is 0.977. The van der Waals surface area contributed by atoms with Gasteiger partial charge >= 0.3 is 0 Å². The molecule has 1 heterocycles. The Labute approximate surface area is 158 Å². The van der Waals surface area contributed by atoms with Gasteiger partial charge in [0, 0.05) is 43.8 Å². The molecule has 0 spiro atoms. The molecule has 2 amide bonds. The van der Waals surface area contributed by atoms with E-state index in [9.17, 15) is 9.59 Å². The molecule has 1 saturated heterocycles. The van der Waals surface area contributed by atoms with Gasteiger partial charge in [-0.1, -0.05) is 19.1 Å². The highest BCUT2D eigenvalue weighted by molar-refractivity contribution is 5.94. The zero-order valence-electron chi connectivity index (χ0n) is 16.9. The van der Waals surface area contributed by atoms with Crippen LogP contribution in [0, 0.1) is 0 Å². The summed E-state index contributed by atoms with van der Waals surface area (Å²) in [4.78, 5) is 31.2. The summed E-state index contributed by atoms with van der Waals surface area (Å²) in [5.74, 6) is 0.259. The van der Waals surface area contributed by atoms with Crippen LogP contribution < -0.4 is 0 Å². The van der Waals surface area contributed by atoms with Gasteiger partial charge in [-0.15, -0.1) is 0 Å². The minimum atomic E-state index is 0.0876. The zero-order chi connectivity index (χ0) is 19.3. The Bertz CT molecular complexity index is 594. The van der Waals surface area contributed by atoms with E-state index in [4.69, 9.17) is 0 Å². The summed E-state index contributed by atoms with van der Waals surface area (Å²) < 4.78 is 0. The number of carbonyl (C=O) groups excluding carboxylic acids is 2. The van der Waals surface area contributed by atoms with E-state index in [2.05, 4.69) is 39.5 Å². The van der Waals surface area contributed by atoms with E-state index in [1.165, 1.54) is 5.56 Å². The number of hydrogen-bond donors (Lipinski definition) is 0. The summed E-state index contributed by atoms with van der Waals surface area (Å²) in [5, 5.41) is 0. The van der Waals surface area contributed by atoms with Crippen molar-refractivity contribution in [3.8, 4) is 0 Å². The fourth-order valence-corrected chi connectivity index (χ4v) is 3.62. The minimum Gasteiger partial charge on any atom is -0.337 e. The van der Waals surface area contributed by atoms with E-state index in [0.717, 1.165) is 25.1 Å². The van der Waals surface area contributed by atoms with Crippen LogP contribution in [0.2, 0.25) is 0 Å². The summed E-state index contributed by atoms with van der Waals surface area (Å²) in [6, 6.07) is 8.29. The number of aryl methyl sites for hydroxylation is 1. The van der Waals surface area contributed by atoms with Crippen LogP contribution >= 0.6 is 0 Å². The van der Waals surface area contributed by atoms with E-state index < -0.39 is 0 Å². The number of benzene rings is 1. The van der Waals surface area contributed by atoms with Crippen molar-refractivity contribution in [1.82, 2.24) is 14.7 Å². The van der Waals surface area contributed by atoms with Gasteiger partial charge in [0.25, 0.3) is 5.91 Å². The second-order valence-corrected chi connectivity index (χ2v) is 7.61. The van der Waals surface area contributed by atoms with Crippen molar-refractivity contribution >= 4 is 11.8 Å². The Hall–Kier alpha value is -1.88. The van der Waals surface area contributed by atoms with Gasteiger partial charge in [0.2, 0.25) is 5.91 Å². The Morgan fingerprint density at radius 3 is 1.96 bits per heavy atom. The van der Waals surface area contributed by atoms with Gasteiger partial charge in [-0.05, 0) is 51.8 Å². The van der Waals surface area contributed by atoms with E-state index in [0.29, 0.717) is 19.6 Å². The molecule has 2 rings (SSSR count). The highest BCUT2D eigenvalue weighted by Crippen LogP contribution is 2.12. The first kappa shape index (κ1) is 20.4. The molecule has 26 heavy (non-hydrogen) atoms. The lowest BCUT2D eigenvalue weighted by Gasteiger charge is -2.37. The van der Waals surface area contributed by atoms with Crippen LogP contribution in [0.15, 0.2) is 24.3 Å². The summed E-state index contributed by atoms with van der Waals surface area (Å²) in [6.45, 7) is 13.6. The lowest BCUT2D eigenvalue weighted by Crippen LogP contribution is -2.53. The van der Waals surface area contributed by atoms with E-state index in [-0.39, 0.29) is 23.9 Å². The first-order valence-corrected chi connectivity index (χ1v) is 9.75. The van der Waals surface area contributed by atoms with Crippen LogP contribution in [-0.2, 0) is 11.2 Å². The van der Waals surface area contributed by atoms with Gasteiger partial charge in [-0.25, -0.2) is 0 Å². The van der Waals surface area contributed by atoms with Crippen molar-refractivity contribution < 1.29 is 9.59 Å². The summed E-state index contributed by atoms with van der Waals surface area (Å²) in [5.41, 5.74) is 1.99. The number of carbonyl (C=O) groups is 2. The van der Waals surface area contributed by atoms with Gasteiger partial charge in [0.15, 0.2) is 0 Å². The van der Waals surface area contributed by atoms with Crippen molar-refractivity contribution in [3.63, 3.8) is 0 Å². The Morgan fingerprint density at radius 1 is 0.962 bits per heavy atom. The Morgan fingerprint density at radius 2 is 1.50 bits per heavy atom. The maximum atomic E-state index is 12.6.